The molecule has 0 aromatic rings. The highest BCUT2D eigenvalue weighted by molar-refractivity contribution is 7.47. The van der Waals surface area contributed by atoms with E-state index in [2.05, 4.69) is 86.8 Å². The Morgan fingerprint density at radius 1 is 0.534 bits per heavy atom. The zero-order valence-electron chi connectivity index (χ0n) is 36.5. The summed E-state index contributed by atoms with van der Waals surface area (Å²) >= 11 is 0. The number of nitrogens with two attached hydrogens (primary N) is 1. The number of hydrogen-bond acceptors (Lipinski definition) is 8. The summed E-state index contributed by atoms with van der Waals surface area (Å²) < 4.78 is 32.7. The Kier molecular flexibility index (Phi) is 41.6. The summed E-state index contributed by atoms with van der Waals surface area (Å²) in [6, 6.07) is 0. The molecule has 3 N–H and O–H groups in total. The van der Waals surface area contributed by atoms with Gasteiger partial charge in [-0.1, -0.05) is 170 Å². The topological polar surface area (TPSA) is 134 Å². The fourth-order valence-electron chi connectivity index (χ4n) is 5.71. The third-order valence-electron chi connectivity index (χ3n) is 9.03. The minimum absolute atomic E-state index is 0.0373. The van der Waals surface area contributed by atoms with Crippen LogP contribution in [0.25, 0.3) is 0 Å². The fourth-order valence-corrected chi connectivity index (χ4v) is 6.48. The van der Waals surface area contributed by atoms with E-state index in [9.17, 15) is 19.0 Å². The molecule has 0 amide bonds. The predicted molar refractivity (Wildman–Crippen MR) is 242 cm³/mol. The first-order valence-corrected chi connectivity index (χ1v) is 24.1. The van der Waals surface area contributed by atoms with Crippen molar-refractivity contribution < 1.29 is 37.6 Å². The molecule has 0 saturated heterocycles. The standard InChI is InChI=1S/C48H82NO8P/c1-3-5-7-9-11-13-15-17-19-21-23-25-27-29-31-33-35-37-39-41-48(51)57-46(45-56-58(52,53)55-43-42-49)44-54-47(50)40-38-36-34-32-30-28-26-24-22-20-18-16-14-12-10-8-6-4-2/h5,7,11,13,17,19-20,22-23,25,29,31,35,37,46H,3-4,6,8-10,12,14-16,18,21,24,26-28,30,32-34,36,38-45,49H2,1-2H3,(H,52,53)/b7-5-,13-11-,19-17-,22-20-,25-23-,31-29-,37-35-. The van der Waals surface area contributed by atoms with E-state index < -0.39 is 32.5 Å². The maximum Gasteiger partial charge on any atom is 0.472 e. The molecule has 10 heteroatoms. The van der Waals surface area contributed by atoms with E-state index in [1.807, 2.05) is 12.2 Å². The summed E-state index contributed by atoms with van der Waals surface area (Å²) in [4.78, 5) is 34.9. The van der Waals surface area contributed by atoms with Gasteiger partial charge in [-0.05, 0) is 77.0 Å². The highest BCUT2D eigenvalue weighted by Crippen LogP contribution is 2.43. The van der Waals surface area contributed by atoms with Crippen LogP contribution in [0.4, 0.5) is 0 Å². The van der Waals surface area contributed by atoms with E-state index in [0.717, 1.165) is 64.2 Å². The molecule has 332 valence electrons. The van der Waals surface area contributed by atoms with Crippen LogP contribution < -0.4 is 5.73 Å². The second-order valence-electron chi connectivity index (χ2n) is 14.5. The second-order valence-corrected chi connectivity index (χ2v) is 16.0. The number of carbonyl (C=O) groups is 2. The number of allylic oxidation sites excluding steroid dienone is 14. The minimum Gasteiger partial charge on any atom is -0.462 e. The molecule has 0 spiro atoms. The van der Waals surface area contributed by atoms with Gasteiger partial charge in [0.1, 0.15) is 6.61 Å². The predicted octanol–water partition coefficient (Wildman–Crippen LogP) is 13.2. The van der Waals surface area contributed by atoms with E-state index in [-0.39, 0.29) is 32.6 Å². The molecule has 0 aliphatic rings. The number of esters is 2. The van der Waals surface area contributed by atoms with Gasteiger partial charge in [-0.25, -0.2) is 4.57 Å². The second kappa shape index (κ2) is 43.8. The van der Waals surface area contributed by atoms with E-state index >= 15 is 0 Å². The molecule has 58 heavy (non-hydrogen) atoms. The van der Waals surface area contributed by atoms with Crippen LogP contribution in [0.15, 0.2) is 85.1 Å². The van der Waals surface area contributed by atoms with Gasteiger partial charge in [0.2, 0.25) is 0 Å². The summed E-state index contributed by atoms with van der Waals surface area (Å²) in [5.74, 6) is -0.937. The first kappa shape index (κ1) is 55.2. The number of ether oxygens (including phenoxy) is 2. The molecule has 0 aliphatic carbocycles. The van der Waals surface area contributed by atoms with Crippen LogP contribution in [0.5, 0.6) is 0 Å². The number of hydrogen-bond donors (Lipinski definition) is 2. The maximum atomic E-state index is 12.6. The average Bonchev–Trinajstić information content (AvgIpc) is 3.21. The van der Waals surface area contributed by atoms with Crippen molar-refractivity contribution in [2.24, 2.45) is 5.73 Å². The molecule has 9 nitrogen and oxygen atoms in total. The van der Waals surface area contributed by atoms with Gasteiger partial charge in [0.25, 0.3) is 0 Å². The lowest BCUT2D eigenvalue weighted by Crippen LogP contribution is -2.29. The van der Waals surface area contributed by atoms with Crippen molar-refractivity contribution in [1.29, 1.82) is 0 Å². The summed E-state index contributed by atoms with van der Waals surface area (Å²) in [6.07, 6.45) is 54.9. The van der Waals surface area contributed by atoms with Gasteiger partial charge in [-0.3, -0.25) is 18.6 Å². The highest BCUT2D eigenvalue weighted by Gasteiger charge is 2.25. The smallest absolute Gasteiger partial charge is 0.462 e. The molecule has 0 aromatic heterocycles. The number of carbonyl (C=O) groups excluding carboxylic acids is 2. The number of phosphoric ester groups is 1. The van der Waals surface area contributed by atoms with Crippen LogP contribution in [-0.2, 0) is 32.7 Å². The van der Waals surface area contributed by atoms with Gasteiger partial charge in [-0.2, -0.15) is 0 Å². The lowest BCUT2D eigenvalue weighted by atomic mass is 10.1. The minimum atomic E-state index is -4.40. The van der Waals surface area contributed by atoms with Crippen molar-refractivity contribution in [3.8, 4) is 0 Å². The van der Waals surface area contributed by atoms with Crippen molar-refractivity contribution in [2.45, 2.75) is 180 Å². The zero-order chi connectivity index (χ0) is 42.5. The molecule has 0 saturated carbocycles. The first-order chi connectivity index (χ1) is 28.3. The third-order valence-corrected chi connectivity index (χ3v) is 10.0. The van der Waals surface area contributed by atoms with Crippen molar-refractivity contribution in [3.63, 3.8) is 0 Å². The molecule has 2 atom stereocenters. The molecule has 0 fully saturated rings. The van der Waals surface area contributed by atoms with Crippen LogP contribution in [0, 0.1) is 0 Å². The Hall–Kier alpha value is -2.81. The molecule has 0 bridgehead atoms. The van der Waals surface area contributed by atoms with Crippen LogP contribution in [0.2, 0.25) is 0 Å². The van der Waals surface area contributed by atoms with Gasteiger partial charge in [0, 0.05) is 19.4 Å². The molecule has 0 radical (unpaired) electrons. The van der Waals surface area contributed by atoms with Crippen molar-refractivity contribution in [2.75, 3.05) is 26.4 Å². The lowest BCUT2D eigenvalue weighted by Gasteiger charge is -2.19. The third kappa shape index (κ3) is 42.8. The Morgan fingerprint density at radius 3 is 1.48 bits per heavy atom. The van der Waals surface area contributed by atoms with Crippen LogP contribution in [0.3, 0.4) is 0 Å². The summed E-state index contributed by atoms with van der Waals surface area (Å²) in [7, 11) is -4.40. The monoisotopic (exact) mass is 832 g/mol. The van der Waals surface area contributed by atoms with Crippen molar-refractivity contribution >= 4 is 19.8 Å². The Morgan fingerprint density at radius 2 is 0.983 bits per heavy atom. The number of unbranched alkanes of at least 4 members (excludes halogenated alkanes) is 14. The van der Waals surface area contributed by atoms with E-state index in [1.165, 1.54) is 70.6 Å². The van der Waals surface area contributed by atoms with Gasteiger partial charge >= 0.3 is 19.8 Å². The van der Waals surface area contributed by atoms with E-state index in [1.54, 1.807) is 0 Å². The van der Waals surface area contributed by atoms with Crippen LogP contribution in [-0.4, -0.2) is 49.3 Å². The zero-order valence-corrected chi connectivity index (χ0v) is 37.4. The summed E-state index contributed by atoms with van der Waals surface area (Å²) in [5.41, 5.74) is 5.35. The lowest BCUT2D eigenvalue weighted by molar-refractivity contribution is -0.161. The normalized spacial score (nSPS) is 14.1. The molecule has 0 aromatic carbocycles. The molecule has 0 aliphatic heterocycles. The molecule has 0 heterocycles. The van der Waals surface area contributed by atoms with E-state index in [0.29, 0.717) is 12.8 Å². The quantitative estimate of drug-likeness (QED) is 0.0267. The molecule has 2 unspecified atom stereocenters. The van der Waals surface area contributed by atoms with Crippen LogP contribution in [0.1, 0.15) is 174 Å². The first-order valence-electron chi connectivity index (χ1n) is 22.6. The average molecular weight is 832 g/mol. The van der Waals surface area contributed by atoms with Gasteiger partial charge in [-0.15, -0.1) is 0 Å². The van der Waals surface area contributed by atoms with Crippen LogP contribution >= 0.6 is 7.82 Å². The summed E-state index contributed by atoms with van der Waals surface area (Å²) in [6.45, 7) is 3.52. The van der Waals surface area contributed by atoms with Crippen molar-refractivity contribution in [3.05, 3.63) is 85.1 Å². The number of rotatable bonds is 41. The van der Waals surface area contributed by atoms with Gasteiger partial charge in [0.15, 0.2) is 6.10 Å². The van der Waals surface area contributed by atoms with Gasteiger partial charge in [0.05, 0.1) is 13.2 Å². The Bertz CT molecular complexity index is 1220. The largest absolute Gasteiger partial charge is 0.472 e. The molecule has 0 rings (SSSR count). The fraction of sp³-hybridized carbons (Fsp3) is 0.667. The Labute approximate surface area is 354 Å². The van der Waals surface area contributed by atoms with Gasteiger partial charge < -0.3 is 20.1 Å². The Balaban J connectivity index is 4.27. The van der Waals surface area contributed by atoms with Crippen molar-refractivity contribution in [1.82, 2.24) is 0 Å². The number of phosphoric acid groups is 1. The summed E-state index contributed by atoms with van der Waals surface area (Å²) in [5, 5.41) is 0. The maximum absolute atomic E-state index is 12.6. The molecular weight excluding hydrogens is 750 g/mol. The van der Waals surface area contributed by atoms with E-state index in [4.69, 9.17) is 24.3 Å². The molecular formula is C48H82NO8P. The highest BCUT2D eigenvalue weighted by atomic mass is 31.2. The SMILES string of the molecule is CC/C=C\C/C=C\C/C=C\C/C=C\C/C=C\C/C=C\CCC(=O)OC(COC(=O)CCCCCCCCC/C=C\CCCCCCCCC)COP(=O)(O)OCCN.